The zero-order chi connectivity index (χ0) is 11.3. The topological polar surface area (TPSA) is 41.1 Å². The third-order valence-corrected chi connectivity index (χ3v) is 2.49. The van der Waals surface area contributed by atoms with Crippen molar-refractivity contribution in [2.75, 3.05) is 17.7 Å². The van der Waals surface area contributed by atoms with Crippen molar-refractivity contribution in [1.29, 1.82) is 0 Å². The van der Waals surface area contributed by atoms with Gasteiger partial charge in [-0.25, -0.2) is 4.79 Å². The number of hydrogen-bond acceptors (Lipinski definition) is 1. The average Bonchev–Trinajstić information content (AvgIpc) is 2.20. The van der Waals surface area contributed by atoms with Crippen molar-refractivity contribution in [1.82, 2.24) is 5.32 Å². The van der Waals surface area contributed by atoms with Crippen molar-refractivity contribution in [3.05, 3.63) is 28.2 Å². The van der Waals surface area contributed by atoms with E-state index in [-0.39, 0.29) is 6.03 Å². The van der Waals surface area contributed by atoms with Crippen molar-refractivity contribution in [2.24, 2.45) is 0 Å². The summed E-state index contributed by atoms with van der Waals surface area (Å²) in [5.41, 5.74) is 0.580. The molecule has 3 nitrogen and oxygen atoms in total. The number of hydrogen-bond donors (Lipinski definition) is 2. The first-order valence-corrected chi connectivity index (χ1v) is 5.48. The molecule has 0 unspecified atom stereocenters. The van der Waals surface area contributed by atoms with Crippen LogP contribution >= 0.6 is 34.8 Å². The highest BCUT2D eigenvalue weighted by molar-refractivity contribution is 6.42. The standard InChI is InChI=1S/C9H9Cl3N2O/c10-3-4-13-9(15)14-6-1-2-7(11)8(12)5-6/h1-2,5H,3-4H2,(H2,13,14,15). The highest BCUT2D eigenvalue weighted by Gasteiger charge is 2.02. The van der Waals surface area contributed by atoms with E-state index in [2.05, 4.69) is 10.6 Å². The molecule has 82 valence electrons. The number of anilines is 1. The molecule has 0 aromatic heterocycles. The van der Waals surface area contributed by atoms with E-state index >= 15 is 0 Å². The predicted molar refractivity (Wildman–Crippen MR) is 64.2 cm³/mol. The van der Waals surface area contributed by atoms with Gasteiger partial charge in [-0.2, -0.15) is 0 Å². The van der Waals surface area contributed by atoms with E-state index in [1.165, 1.54) is 0 Å². The first kappa shape index (κ1) is 12.4. The monoisotopic (exact) mass is 266 g/mol. The Morgan fingerprint density at radius 2 is 2.00 bits per heavy atom. The van der Waals surface area contributed by atoms with Gasteiger partial charge in [-0.15, -0.1) is 11.6 Å². The Kier molecular flexibility index (Phi) is 5.02. The Labute approximate surface area is 103 Å². The number of carbonyl (C=O) groups excluding carboxylic acids is 1. The Morgan fingerprint density at radius 3 is 2.60 bits per heavy atom. The first-order chi connectivity index (χ1) is 7.13. The van der Waals surface area contributed by atoms with Crippen molar-refractivity contribution < 1.29 is 4.79 Å². The van der Waals surface area contributed by atoms with Gasteiger partial charge in [-0.1, -0.05) is 23.2 Å². The Morgan fingerprint density at radius 1 is 1.27 bits per heavy atom. The summed E-state index contributed by atoms with van der Waals surface area (Å²) in [7, 11) is 0. The SMILES string of the molecule is O=C(NCCCl)Nc1ccc(Cl)c(Cl)c1. The lowest BCUT2D eigenvalue weighted by Crippen LogP contribution is -2.30. The molecule has 2 N–H and O–H groups in total. The normalized spacial score (nSPS) is 9.80. The molecule has 0 aliphatic heterocycles. The number of nitrogens with one attached hydrogen (secondary N) is 2. The zero-order valence-electron chi connectivity index (χ0n) is 7.69. The third-order valence-electron chi connectivity index (χ3n) is 1.56. The van der Waals surface area contributed by atoms with Crippen LogP contribution < -0.4 is 10.6 Å². The Bertz CT molecular complexity index is 357. The minimum atomic E-state index is -0.325. The van der Waals surface area contributed by atoms with Gasteiger partial charge in [-0.05, 0) is 18.2 Å². The van der Waals surface area contributed by atoms with E-state index in [4.69, 9.17) is 34.8 Å². The molecule has 1 aromatic carbocycles. The first-order valence-electron chi connectivity index (χ1n) is 4.19. The van der Waals surface area contributed by atoms with Crippen LogP contribution in [0.3, 0.4) is 0 Å². The van der Waals surface area contributed by atoms with E-state index in [9.17, 15) is 4.79 Å². The fourth-order valence-corrected chi connectivity index (χ4v) is 1.30. The van der Waals surface area contributed by atoms with Crippen molar-refractivity contribution in [3.8, 4) is 0 Å². The molecule has 2 amide bonds. The third kappa shape index (κ3) is 4.16. The maximum atomic E-state index is 11.2. The molecule has 0 radical (unpaired) electrons. The lowest BCUT2D eigenvalue weighted by Gasteiger charge is -2.06. The van der Waals surface area contributed by atoms with Crippen LogP contribution in [0.15, 0.2) is 18.2 Å². The van der Waals surface area contributed by atoms with Crippen LogP contribution in [-0.4, -0.2) is 18.5 Å². The molecule has 0 bridgehead atoms. The van der Waals surface area contributed by atoms with Crippen molar-refractivity contribution >= 4 is 46.5 Å². The van der Waals surface area contributed by atoms with Gasteiger partial charge in [0.1, 0.15) is 0 Å². The van der Waals surface area contributed by atoms with Crippen LogP contribution in [0.1, 0.15) is 0 Å². The van der Waals surface area contributed by atoms with Gasteiger partial charge in [0.15, 0.2) is 0 Å². The van der Waals surface area contributed by atoms with Crippen LogP contribution in [-0.2, 0) is 0 Å². The molecule has 0 saturated carbocycles. The second kappa shape index (κ2) is 6.05. The minimum Gasteiger partial charge on any atom is -0.337 e. The number of halogens is 3. The van der Waals surface area contributed by atoms with Crippen LogP contribution in [0.2, 0.25) is 10.0 Å². The van der Waals surface area contributed by atoms with Gasteiger partial charge in [0.2, 0.25) is 0 Å². The molecule has 1 aromatic rings. The molecule has 0 saturated heterocycles. The van der Waals surface area contributed by atoms with E-state index in [1.54, 1.807) is 18.2 Å². The van der Waals surface area contributed by atoms with Crippen LogP contribution in [0.5, 0.6) is 0 Å². The Hall–Kier alpha value is -0.640. The second-order valence-electron chi connectivity index (χ2n) is 2.70. The summed E-state index contributed by atoms with van der Waals surface area (Å²) in [6.45, 7) is 0.411. The summed E-state index contributed by atoms with van der Waals surface area (Å²) in [4.78, 5) is 11.2. The maximum Gasteiger partial charge on any atom is 0.319 e. The molecular formula is C9H9Cl3N2O. The summed E-state index contributed by atoms with van der Waals surface area (Å²) in [5, 5.41) is 5.99. The van der Waals surface area contributed by atoms with Gasteiger partial charge in [-0.3, -0.25) is 0 Å². The molecule has 0 aliphatic carbocycles. The van der Waals surface area contributed by atoms with E-state index in [0.29, 0.717) is 28.2 Å². The molecule has 0 aliphatic rings. The molecular weight excluding hydrogens is 258 g/mol. The molecule has 0 heterocycles. The zero-order valence-corrected chi connectivity index (χ0v) is 9.96. The van der Waals surface area contributed by atoms with E-state index in [0.717, 1.165) is 0 Å². The predicted octanol–water partition coefficient (Wildman–Crippen LogP) is 3.35. The van der Waals surface area contributed by atoms with Gasteiger partial charge in [0, 0.05) is 18.1 Å². The van der Waals surface area contributed by atoms with Crippen LogP contribution in [0.25, 0.3) is 0 Å². The number of alkyl halides is 1. The summed E-state index contributed by atoms with van der Waals surface area (Å²) in [6.07, 6.45) is 0. The smallest absolute Gasteiger partial charge is 0.319 e. The molecule has 15 heavy (non-hydrogen) atoms. The number of rotatable bonds is 3. The summed E-state index contributed by atoms with van der Waals surface area (Å²) >= 11 is 16.9. The van der Waals surface area contributed by atoms with Gasteiger partial charge < -0.3 is 10.6 Å². The minimum absolute atomic E-state index is 0.325. The molecule has 0 atom stereocenters. The maximum absolute atomic E-state index is 11.2. The highest BCUT2D eigenvalue weighted by atomic mass is 35.5. The number of amides is 2. The Balaban J connectivity index is 2.57. The van der Waals surface area contributed by atoms with Crippen molar-refractivity contribution in [2.45, 2.75) is 0 Å². The van der Waals surface area contributed by atoms with Crippen molar-refractivity contribution in [3.63, 3.8) is 0 Å². The lowest BCUT2D eigenvalue weighted by molar-refractivity contribution is 0.252. The summed E-state index contributed by atoms with van der Waals surface area (Å²) in [6, 6.07) is 4.52. The average molecular weight is 268 g/mol. The molecule has 0 spiro atoms. The fraction of sp³-hybridized carbons (Fsp3) is 0.222. The van der Waals surface area contributed by atoms with Gasteiger partial charge in [0.25, 0.3) is 0 Å². The van der Waals surface area contributed by atoms with Crippen LogP contribution in [0, 0.1) is 0 Å². The number of benzene rings is 1. The summed E-state index contributed by atoms with van der Waals surface area (Å²) in [5.74, 6) is 0.370. The van der Waals surface area contributed by atoms with E-state index in [1.807, 2.05) is 0 Å². The lowest BCUT2D eigenvalue weighted by atomic mass is 10.3. The number of carbonyl (C=O) groups is 1. The largest absolute Gasteiger partial charge is 0.337 e. The highest BCUT2D eigenvalue weighted by Crippen LogP contribution is 2.24. The fourth-order valence-electron chi connectivity index (χ4n) is 0.910. The second-order valence-corrected chi connectivity index (χ2v) is 3.89. The van der Waals surface area contributed by atoms with Gasteiger partial charge in [0.05, 0.1) is 10.0 Å². The quantitative estimate of drug-likeness (QED) is 0.810. The van der Waals surface area contributed by atoms with Gasteiger partial charge >= 0.3 is 6.03 Å². The molecule has 0 fully saturated rings. The molecule has 1 rings (SSSR count). The van der Waals surface area contributed by atoms with Crippen LogP contribution in [0.4, 0.5) is 10.5 Å². The summed E-state index contributed by atoms with van der Waals surface area (Å²) < 4.78 is 0. The molecule has 6 heteroatoms. The van der Waals surface area contributed by atoms with E-state index < -0.39 is 0 Å². The number of urea groups is 1.